The lowest BCUT2D eigenvalue weighted by molar-refractivity contribution is -0.123. The zero-order valence-electron chi connectivity index (χ0n) is 11.0. The van der Waals surface area contributed by atoms with Crippen molar-refractivity contribution in [1.29, 1.82) is 0 Å². The molecule has 4 nitrogen and oxygen atoms in total. The number of benzene rings is 1. The summed E-state index contributed by atoms with van der Waals surface area (Å²) in [5.74, 6) is -0.0329. The minimum Gasteiger partial charge on any atom is -0.394 e. The van der Waals surface area contributed by atoms with Crippen molar-refractivity contribution >= 4 is 5.91 Å². The van der Waals surface area contributed by atoms with Crippen LogP contribution in [0.15, 0.2) is 30.3 Å². The largest absolute Gasteiger partial charge is 0.394 e. The number of amides is 1. The quantitative estimate of drug-likeness (QED) is 0.695. The Hall–Kier alpha value is -1.39. The van der Waals surface area contributed by atoms with E-state index in [-0.39, 0.29) is 24.5 Å². The fourth-order valence-electron chi connectivity index (χ4n) is 1.67. The Morgan fingerprint density at radius 3 is 2.44 bits per heavy atom. The van der Waals surface area contributed by atoms with Gasteiger partial charge in [-0.1, -0.05) is 44.2 Å². The summed E-state index contributed by atoms with van der Waals surface area (Å²) in [5.41, 5.74) is 6.89. The summed E-state index contributed by atoms with van der Waals surface area (Å²) in [6, 6.07) is 8.84. The third kappa shape index (κ3) is 4.47. The zero-order chi connectivity index (χ0) is 13.5. The molecule has 1 aromatic carbocycles. The van der Waals surface area contributed by atoms with Crippen LogP contribution < -0.4 is 11.1 Å². The van der Waals surface area contributed by atoms with E-state index in [9.17, 15) is 4.79 Å². The molecule has 0 radical (unpaired) electrons. The Bertz CT molecular complexity index is 365. The first-order chi connectivity index (χ1) is 8.54. The lowest BCUT2D eigenvalue weighted by Gasteiger charge is -2.22. The molecule has 0 bridgehead atoms. The van der Waals surface area contributed by atoms with Gasteiger partial charge in [0, 0.05) is 0 Å². The lowest BCUT2D eigenvalue weighted by Crippen LogP contribution is -2.49. The fourth-order valence-corrected chi connectivity index (χ4v) is 1.67. The van der Waals surface area contributed by atoms with E-state index < -0.39 is 6.04 Å². The Labute approximate surface area is 108 Å². The van der Waals surface area contributed by atoms with E-state index in [4.69, 9.17) is 10.8 Å². The van der Waals surface area contributed by atoms with Gasteiger partial charge in [0.25, 0.3) is 0 Å². The molecule has 0 spiro atoms. The van der Waals surface area contributed by atoms with E-state index in [1.54, 1.807) is 0 Å². The molecule has 1 amide bonds. The summed E-state index contributed by atoms with van der Waals surface area (Å²) in [6.45, 7) is 3.83. The van der Waals surface area contributed by atoms with Crippen LogP contribution in [0.3, 0.4) is 0 Å². The van der Waals surface area contributed by atoms with Crippen molar-refractivity contribution in [1.82, 2.24) is 5.32 Å². The van der Waals surface area contributed by atoms with E-state index in [2.05, 4.69) is 5.32 Å². The highest BCUT2D eigenvalue weighted by molar-refractivity contribution is 5.82. The van der Waals surface area contributed by atoms with E-state index in [0.717, 1.165) is 5.56 Å². The molecule has 0 aromatic heterocycles. The van der Waals surface area contributed by atoms with Crippen LogP contribution in [0.25, 0.3) is 0 Å². The molecule has 4 heteroatoms. The first-order valence-corrected chi connectivity index (χ1v) is 6.25. The highest BCUT2D eigenvalue weighted by Gasteiger charge is 2.19. The van der Waals surface area contributed by atoms with Crippen molar-refractivity contribution in [3.05, 3.63) is 35.9 Å². The number of carbonyl (C=O) groups excluding carboxylic acids is 1. The van der Waals surface area contributed by atoms with Gasteiger partial charge >= 0.3 is 0 Å². The molecular formula is C14H22N2O2. The number of aliphatic hydroxyl groups excluding tert-OH is 1. The molecule has 2 atom stereocenters. The second kappa shape index (κ2) is 7.13. The summed E-state index contributed by atoms with van der Waals surface area (Å²) >= 11 is 0. The van der Waals surface area contributed by atoms with Gasteiger partial charge in [-0.15, -0.1) is 0 Å². The van der Waals surface area contributed by atoms with Gasteiger partial charge in [-0.25, -0.2) is 0 Å². The number of hydrogen-bond acceptors (Lipinski definition) is 3. The van der Waals surface area contributed by atoms with Crippen molar-refractivity contribution in [2.24, 2.45) is 11.7 Å². The standard InChI is InChI=1S/C14H22N2O2/c1-10(2)13(9-17)16-14(18)12(15)8-11-6-4-3-5-7-11/h3-7,10,12-13,17H,8-9,15H2,1-2H3,(H,16,18)/t12-,13?/m1/s1. The Balaban J connectivity index is 2.51. The highest BCUT2D eigenvalue weighted by Crippen LogP contribution is 2.04. The van der Waals surface area contributed by atoms with Gasteiger partial charge in [-0.05, 0) is 17.9 Å². The molecule has 0 aliphatic carbocycles. The number of rotatable bonds is 6. The third-order valence-electron chi connectivity index (χ3n) is 2.96. The van der Waals surface area contributed by atoms with Crippen molar-refractivity contribution in [2.75, 3.05) is 6.61 Å². The summed E-state index contributed by atoms with van der Waals surface area (Å²) in [4.78, 5) is 11.9. The molecule has 1 rings (SSSR count). The molecule has 4 N–H and O–H groups in total. The molecule has 0 saturated heterocycles. The lowest BCUT2D eigenvalue weighted by atomic mass is 10.0. The average Bonchev–Trinajstić information content (AvgIpc) is 2.36. The van der Waals surface area contributed by atoms with Gasteiger partial charge in [-0.2, -0.15) is 0 Å². The zero-order valence-corrected chi connectivity index (χ0v) is 11.0. The average molecular weight is 250 g/mol. The summed E-state index contributed by atoms with van der Waals surface area (Å²) in [5, 5.41) is 11.9. The van der Waals surface area contributed by atoms with Crippen LogP contribution in [0.2, 0.25) is 0 Å². The van der Waals surface area contributed by atoms with Crippen LogP contribution in [0.4, 0.5) is 0 Å². The molecule has 100 valence electrons. The van der Waals surface area contributed by atoms with Gasteiger partial charge in [0.15, 0.2) is 0 Å². The maximum absolute atomic E-state index is 11.9. The predicted octanol–water partition coefficient (Wildman–Crippen LogP) is 0.690. The van der Waals surface area contributed by atoms with Gasteiger partial charge in [0.2, 0.25) is 5.91 Å². The first-order valence-electron chi connectivity index (χ1n) is 6.25. The van der Waals surface area contributed by atoms with Crippen molar-refractivity contribution in [2.45, 2.75) is 32.4 Å². The first kappa shape index (κ1) is 14.7. The monoisotopic (exact) mass is 250 g/mol. The number of carbonyl (C=O) groups is 1. The van der Waals surface area contributed by atoms with Crippen LogP contribution in [-0.2, 0) is 11.2 Å². The molecule has 1 aromatic rings. The summed E-state index contributed by atoms with van der Waals surface area (Å²) in [6.07, 6.45) is 0.503. The Kier molecular flexibility index (Phi) is 5.82. The molecule has 0 saturated carbocycles. The smallest absolute Gasteiger partial charge is 0.237 e. The normalized spacial score (nSPS) is 14.3. The number of aliphatic hydroxyl groups is 1. The maximum Gasteiger partial charge on any atom is 0.237 e. The van der Waals surface area contributed by atoms with Crippen LogP contribution in [0, 0.1) is 5.92 Å². The van der Waals surface area contributed by atoms with Gasteiger partial charge in [0.05, 0.1) is 18.7 Å². The van der Waals surface area contributed by atoms with Gasteiger partial charge in [-0.3, -0.25) is 4.79 Å². The Morgan fingerprint density at radius 2 is 1.94 bits per heavy atom. The number of nitrogens with one attached hydrogen (secondary N) is 1. The molecule has 1 unspecified atom stereocenters. The van der Waals surface area contributed by atoms with Gasteiger partial charge in [0.1, 0.15) is 0 Å². The van der Waals surface area contributed by atoms with E-state index in [1.807, 2.05) is 44.2 Å². The number of hydrogen-bond donors (Lipinski definition) is 3. The van der Waals surface area contributed by atoms with Crippen LogP contribution in [-0.4, -0.2) is 29.7 Å². The summed E-state index contributed by atoms with van der Waals surface area (Å²) in [7, 11) is 0. The third-order valence-corrected chi connectivity index (χ3v) is 2.96. The fraction of sp³-hybridized carbons (Fsp3) is 0.500. The van der Waals surface area contributed by atoms with Gasteiger partial charge < -0.3 is 16.2 Å². The number of nitrogens with two attached hydrogens (primary N) is 1. The minimum absolute atomic E-state index is 0.0680. The molecular weight excluding hydrogens is 228 g/mol. The second-order valence-electron chi connectivity index (χ2n) is 4.84. The molecule has 0 heterocycles. The molecule has 0 aliphatic rings. The second-order valence-corrected chi connectivity index (χ2v) is 4.84. The Morgan fingerprint density at radius 1 is 1.33 bits per heavy atom. The molecule has 18 heavy (non-hydrogen) atoms. The van der Waals surface area contributed by atoms with E-state index >= 15 is 0 Å². The predicted molar refractivity (Wildman–Crippen MR) is 72.0 cm³/mol. The van der Waals surface area contributed by atoms with Crippen LogP contribution in [0.5, 0.6) is 0 Å². The van der Waals surface area contributed by atoms with Crippen LogP contribution in [0.1, 0.15) is 19.4 Å². The van der Waals surface area contributed by atoms with E-state index in [1.165, 1.54) is 0 Å². The topological polar surface area (TPSA) is 75.3 Å². The van der Waals surface area contributed by atoms with Crippen molar-refractivity contribution in [3.63, 3.8) is 0 Å². The maximum atomic E-state index is 11.9. The SMILES string of the molecule is CC(C)C(CO)NC(=O)[C@H](N)Cc1ccccc1. The highest BCUT2D eigenvalue weighted by atomic mass is 16.3. The van der Waals surface area contributed by atoms with E-state index in [0.29, 0.717) is 6.42 Å². The molecule has 0 fully saturated rings. The van der Waals surface area contributed by atoms with Crippen molar-refractivity contribution in [3.8, 4) is 0 Å². The van der Waals surface area contributed by atoms with Crippen LogP contribution >= 0.6 is 0 Å². The minimum atomic E-state index is -0.583. The summed E-state index contributed by atoms with van der Waals surface area (Å²) < 4.78 is 0. The van der Waals surface area contributed by atoms with Crippen molar-refractivity contribution < 1.29 is 9.90 Å². The molecule has 0 aliphatic heterocycles.